The molecule has 86 valence electrons. The van der Waals surface area contributed by atoms with E-state index in [0.717, 1.165) is 18.2 Å². The quantitative estimate of drug-likeness (QED) is 0.753. The summed E-state index contributed by atoms with van der Waals surface area (Å²) in [7, 11) is 0. The van der Waals surface area contributed by atoms with Crippen molar-refractivity contribution in [2.75, 3.05) is 0 Å². The van der Waals surface area contributed by atoms with E-state index in [-0.39, 0.29) is 12.4 Å². The smallest absolute Gasteiger partial charge is 0.324 e. The number of hydrogen-bond donors (Lipinski definition) is 1. The van der Waals surface area contributed by atoms with Crippen molar-refractivity contribution < 1.29 is 17.6 Å². The van der Waals surface area contributed by atoms with E-state index in [4.69, 9.17) is 5.73 Å². The lowest BCUT2D eigenvalue weighted by Gasteiger charge is -2.15. The fourth-order valence-electron chi connectivity index (χ4n) is 1.25. The van der Waals surface area contributed by atoms with Crippen LogP contribution in [0.1, 0.15) is 24.1 Å². The van der Waals surface area contributed by atoms with Crippen LogP contribution >= 0.6 is 12.4 Å². The fraction of sp³-hybridized carbons (Fsp3) is 0.333. The summed E-state index contributed by atoms with van der Waals surface area (Å²) in [5.74, 6) is -0.921. The molecule has 0 bridgehead atoms. The van der Waals surface area contributed by atoms with E-state index < -0.39 is 29.2 Å². The number of alkyl halides is 3. The molecule has 0 saturated carbocycles. The van der Waals surface area contributed by atoms with E-state index in [1.54, 1.807) is 0 Å². The lowest BCUT2D eigenvalue weighted by atomic mass is 10.0. The highest BCUT2D eigenvalue weighted by Gasteiger charge is 2.35. The van der Waals surface area contributed by atoms with Crippen LogP contribution in [0.2, 0.25) is 0 Å². The number of nitrogens with two attached hydrogens (primary N) is 1. The van der Waals surface area contributed by atoms with Gasteiger partial charge in [0.05, 0.1) is 5.56 Å². The molecule has 0 heterocycles. The minimum atomic E-state index is -4.56. The minimum Gasteiger partial charge on any atom is -0.324 e. The molecule has 1 nitrogen and oxygen atoms in total. The third kappa shape index (κ3) is 3.07. The van der Waals surface area contributed by atoms with Crippen molar-refractivity contribution >= 4 is 12.4 Å². The number of rotatable bonds is 1. The largest absolute Gasteiger partial charge is 0.416 e. The molecule has 0 radical (unpaired) electrons. The van der Waals surface area contributed by atoms with Crippen molar-refractivity contribution in [1.29, 1.82) is 0 Å². The normalized spacial score (nSPS) is 13.2. The van der Waals surface area contributed by atoms with Gasteiger partial charge in [-0.3, -0.25) is 0 Å². The molecule has 0 aliphatic carbocycles. The molecule has 6 heteroatoms. The topological polar surface area (TPSA) is 26.0 Å². The lowest BCUT2D eigenvalue weighted by molar-refractivity contribution is -0.138. The number of halogens is 5. The van der Waals surface area contributed by atoms with Crippen LogP contribution in [0.4, 0.5) is 17.6 Å². The minimum absolute atomic E-state index is 0. The molecule has 0 aromatic heterocycles. The fourth-order valence-corrected chi connectivity index (χ4v) is 1.25. The van der Waals surface area contributed by atoms with Crippen LogP contribution in [-0.4, -0.2) is 0 Å². The third-order valence-electron chi connectivity index (χ3n) is 1.81. The summed E-state index contributed by atoms with van der Waals surface area (Å²) in [5, 5.41) is 0. The van der Waals surface area contributed by atoms with Gasteiger partial charge >= 0.3 is 6.18 Å². The van der Waals surface area contributed by atoms with Gasteiger partial charge in [0.15, 0.2) is 0 Å². The number of hydrogen-bond acceptors (Lipinski definition) is 1. The van der Waals surface area contributed by atoms with Gasteiger partial charge in [-0.1, -0.05) is 6.07 Å². The molecule has 15 heavy (non-hydrogen) atoms. The Morgan fingerprint density at radius 3 is 2.13 bits per heavy atom. The van der Waals surface area contributed by atoms with Gasteiger partial charge in [-0.25, -0.2) is 4.39 Å². The number of benzene rings is 1. The highest BCUT2D eigenvalue weighted by molar-refractivity contribution is 5.85. The summed E-state index contributed by atoms with van der Waals surface area (Å²) in [4.78, 5) is 0. The van der Waals surface area contributed by atoms with Crippen molar-refractivity contribution in [3.63, 3.8) is 0 Å². The predicted molar refractivity (Wildman–Crippen MR) is 51.3 cm³/mol. The zero-order chi connectivity index (χ0) is 10.9. The van der Waals surface area contributed by atoms with E-state index in [0.29, 0.717) is 0 Å². The second-order valence-corrected chi connectivity index (χ2v) is 2.99. The first kappa shape index (κ1) is 14.2. The van der Waals surface area contributed by atoms with E-state index in [2.05, 4.69) is 0 Å². The molecular weight excluding hydrogens is 234 g/mol. The van der Waals surface area contributed by atoms with Crippen molar-refractivity contribution in [3.05, 3.63) is 35.1 Å². The van der Waals surface area contributed by atoms with Gasteiger partial charge in [0, 0.05) is 11.6 Å². The molecule has 0 spiro atoms. The standard InChI is InChI=1S/C9H9F4N.ClH/c1-5(14)8-6(9(11,12)13)3-2-4-7(8)10;/h2-5H,14H2,1H3;1H. The summed E-state index contributed by atoms with van der Waals surface area (Å²) in [6.45, 7) is 1.31. The Morgan fingerprint density at radius 1 is 1.27 bits per heavy atom. The van der Waals surface area contributed by atoms with Gasteiger partial charge in [-0.15, -0.1) is 12.4 Å². The van der Waals surface area contributed by atoms with Crippen LogP contribution in [-0.2, 0) is 6.18 Å². The highest BCUT2D eigenvalue weighted by atomic mass is 35.5. The second kappa shape index (κ2) is 4.81. The molecule has 2 N–H and O–H groups in total. The second-order valence-electron chi connectivity index (χ2n) is 2.99. The zero-order valence-electron chi connectivity index (χ0n) is 7.81. The molecule has 1 aromatic carbocycles. The van der Waals surface area contributed by atoms with Crippen LogP contribution in [0.15, 0.2) is 18.2 Å². The average molecular weight is 244 g/mol. The molecule has 0 fully saturated rings. The maximum absolute atomic E-state index is 13.1. The van der Waals surface area contributed by atoms with Gasteiger partial charge in [-0.2, -0.15) is 13.2 Å². The van der Waals surface area contributed by atoms with Crippen molar-refractivity contribution in [1.82, 2.24) is 0 Å². The Hall–Kier alpha value is -0.810. The van der Waals surface area contributed by atoms with Crippen LogP contribution in [0.3, 0.4) is 0 Å². The van der Waals surface area contributed by atoms with Crippen LogP contribution in [0.25, 0.3) is 0 Å². The Morgan fingerprint density at radius 2 is 1.80 bits per heavy atom. The molecule has 1 aromatic rings. The average Bonchev–Trinajstić information content (AvgIpc) is 2.01. The zero-order valence-corrected chi connectivity index (χ0v) is 8.62. The first-order chi connectivity index (χ1) is 6.34. The molecule has 0 saturated heterocycles. The Bertz CT molecular complexity index is 335. The molecule has 0 aliphatic heterocycles. The van der Waals surface area contributed by atoms with Gasteiger partial charge in [0.25, 0.3) is 0 Å². The van der Waals surface area contributed by atoms with Crippen molar-refractivity contribution in [2.24, 2.45) is 5.73 Å². The summed E-state index contributed by atoms with van der Waals surface area (Å²) in [6.07, 6.45) is -4.56. The van der Waals surface area contributed by atoms with E-state index in [1.807, 2.05) is 0 Å². The van der Waals surface area contributed by atoms with Crippen molar-refractivity contribution in [2.45, 2.75) is 19.1 Å². The summed E-state index contributed by atoms with van der Waals surface area (Å²) >= 11 is 0. The molecule has 0 aliphatic rings. The SMILES string of the molecule is CC(N)c1c(F)cccc1C(F)(F)F.Cl. The van der Waals surface area contributed by atoms with Crippen LogP contribution < -0.4 is 5.73 Å². The van der Waals surface area contributed by atoms with Gasteiger partial charge < -0.3 is 5.73 Å². The molecule has 1 atom stereocenters. The van der Waals surface area contributed by atoms with E-state index >= 15 is 0 Å². The van der Waals surface area contributed by atoms with Crippen molar-refractivity contribution in [3.8, 4) is 0 Å². The predicted octanol–water partition coefficient (Wildman–Crippen LogP) is 3.29. The van der Waals surface area contributed by atoms with E-state index in [9.17, 15) is 17.6 Å². The van der Waals surface area contributed by atoms with Gasteiger partial charge in [0.2, 0.25) is 0 Å². The summed E-state index contributed by atoms with van der Waals surface area (Å²) < 4.78 is 50.2. The molecule has 0 amide bonds. The first-order valence-corrected chi connectivity index (χ1v) is 3.95. The van der Waals surface area contributed by atoms with Gasteiger partial charge in [-0.05, 0) is 19.1 Å². The third-order valence-corrected chi connectivity index (χ3v) is 1.81. The highest BCUT2D eigenvalue weighted by Crippen LogP contribution is 2.35. The maximum atomic E-state index is 13.1. The Kier molecular flexibility index (Phi) is 4.55. The van der Waals surface area contributed by atoms with Crippen LogP contribution in [0.5, 0.6) is 0 Å². The molecule has 1 unspecified atom stereocenters. The summed E-state index contributed by atoms with van der Waals surface area (Å²) in [5.41, 5.74) is 3.78. The lowest BCUT2D eigenvalue weighted by Crippen LogP contribution is -2.16. The van der Waals surface area contributed by atoms with Gasteiger partial charge in [0.1, 0.15) is 5.82 Å². The Balaban J connectivity index is 0.00000196. The van der Waals surface area contributed by atoms with E-state index in [1.165, 1.54) is 6.92 Å². The first-order valence-electron chi connectivity index (χ1n) is 3.95. The van der Waals surface area contributed by atoms with Crippen LogP contribution in [0, 0.1) is 5.82 Å². The molecule has 1 rings (SSSR count). The monoisotopic (exact) mass is 243 g/mol. The summed E-state index contributed by atoms with van der Waals surface area (Å²) in [6, 6.07) is 1.83. The Labute approximate surface area is 90.7 Å². The molecular formula is C9H10ClF4N. The maximum Gasteiger partial charge on any atom is 0.416 e.